The number of likely N-dealkylation sites (tertiary alicyclic amines) is 1. The summed E-state index contributed by atoms with van der Waals surface area (Å²) >= 11 is 1.66. The Morgan fingerprint density at radius 3 is 2.85 bits per heavy atom. The normalized spacial score (nSPS) is 16.8. The van der Waals surface area contributed by atoms with E-state index < -0.39 is 5.97 Å². The molecule has 0 radical (unpaired) electrons. The molecule has 0 bridgehead atoms. The molecule has 0 saturated carbocycles. The number of benzene rings is 1. The third-order valence-electron chi connectivity index (χ3n) is 5.12. The molecule has 27 heavy (non-hydrogen) atoms. The van der Waals surface area contributed by atoms with Crippen LogP contribution >= 0.6 is 11.3 Å². The van der Waals surface area contributed by atoms with Gasteiger partial charge < -0.3 is 14.2 Å². The van der Waals surface area contributed by atoms with Crippen LogP contribution in [0.3, 0.4) is 0 Å². The van der Waals surface area contributed by atoms with E-state index in [2.05, 4.69) is 6.07 Å². The molecule has 1 atom stereocenters. The van der Waals surface area contributed by atoms with Gasteiger partial charge in [0.15, 0.2) is 6.61 Å². The fraction of sp³-hybridized carbons (Fsp3) is 0.333. The lowest BCUT2D eigenvalue weighted by atomic mass is 10.2. The van der Waals surface area contributed by atoms with Crippen LogP contribution in [-0.4, -0.2) is 34.5 Å². The van der Waals surface area contributed by atoms with Crippen LogP contribution in [-0.2, 0) is 16.1 Å². The molecule has 1 saturated heterocycles. The maximum absolute atomic E-state index is 12.7. The zero-order chi connectivity index (χ0) is 18.8. The number of esters is 1. The molecule has 3 heterocycles. The van der Waals surface area contributed by atoms with Crippen molar-refractivity contribution >= 4 is 34.1 Å². The molecule has 0 spiro atoms. The summed E-state index contributed by atoms with van der Waals surface area (Å²) in [7, 11) is 0. The molecule has 1 fully saturated rings. The lowest BCUT2D eigenvalue weighted by molar-refractivity contribution is -0.135. The highest BCUT2D eigenvalue weighted by Crippen LogP contribution is 2.34. The molecule has 1 amide bonds. The van der Waals surface area contributed by atoms with Crippen LogP contribution in [0.4, 0.5) is 0 Å². The summed E-state index contributed by atoms with van der Waals surface area (Å²) in [6.45, 7) is 3.30. The number of aromatic nitrogens is 1. The highest BCUT2D eigenvalue weighted by atomic mass is 32.1. The zero-order valence-corrected chi connectivity index (χ0v) is 16.1. The van der Waals surface area contributed by atoms with Crippen LogP contribution in [0.15, 0.2) is 48.0 Å². The van der Waals surface area contributed by atoms with Crippen molar-refractivity contribution in [2.45, 2.75) is 32.4 Å². The Morgan fingerprint density at radius 2 is 2.07 bits per heavy atom. The van der Waals surface area contributed by atoms with Gasteiger partial charge in [0, 0.05) is 35.1 Å². The predicted molar refractivity (Wildman–Crippen MR) is 106 cm³/mol. The van der Waals surface area contributed by atoms with Crippen LogP contribution in [0, 0.1) is 0 Å². The zero-order valence-electron chi connectivity index (χ0n) is 15.3. The van der Waals surface area contributed by atoms with E-state index in [1.807, 2.05) is 58.3 Å². The molecule has 2 aromatic heterocycles. The Morgan fingerprint density at radius 1 is 1.22 bits per heavy atom. The molecule has 1 unspecified atom stereocenters. The van der Waals surface area contributed by atoms with Gasteiger partial charge in [0.05, 0.1) is 11.6 Å². The van der Waals surface area contributed by atoms with E-state index in [-0.39, 0.29) is 18.6 Å². The number of carbonyl (C=O) groups is 2. The number of fused-ring (bicyclic) bond motifs is 1. The minimum atomic E-state index is -0.446. The van der Waals surface area contributed by atoms with Gasteiger partial charge in [-0.2, -0.15) is 0 Å². The minimum Gasteiger partial charge on any atom is -0.452 e. The largest absolute Gasteiger partial charge is 0.452 e. The molecule has 5 nitrogen and oxygen atoms in total. The highest BCUT2D eigenvalue weighted by molar-refractivity contribution is 7.10. The Kier molecular flexibility index (Phi) is 4.99. The lowest BCUT2D eigenvalue weighted by Gasteiger charge is -2.23. The van der Waals surface area contributed by atoms with Gasteiger partial charge in [0.1, 0.15) is 0 Å². The summed E-state index contributed by atoms with van der Waals surface area (Å²) in [5, 5.41) is 2.88. The average Bonchev–Trinajstić information content (AvgIpc) is 3.44. The van der Waals surface area contributed by atoms with Crippen molar-refractivity contribution in [3.63, 3.8) is 0 Å². The average molecular weight is 382 g/mol. The van der Waals surface area contributed by atoms with Crippen LogP contribution < -0.4 is 0 Å². The van der Waals surface area contributed by atoms with E-state index in [9.17, 15) is 9.59 Å². The smallest absolute Gasteiger partial charge is 0.340 e. The summed E-state index contributed by atoms with van der Waals surface area (Å²) in [5.41, 5.74) is 1.51. The summed E-state index contributed by atoms with van der Waals surface area (Å²) in [5.74, 6) is -0.572. The van der Waals surface area contributed by atoms with Gasteiger partial charge in [0.25, 0.3) is 5.91 Å². The molecule has 0 N–H and O–H groups in total. The molecule has 3 aromatic rings. The fourth-order valence-electron chi connectivity index (χ4n) is 3.80. The van der Waals surface area contributed by atoms with Crippen molar-refractivity contribution in [1.29, 1.82) is 0 Å². The van der Waals surface area contributed by atoms with Crippen LogP contribution in [0.2, 0.25) is 0 Å². The van der Waals surface area contributed by atoms with Gasteiger partial charge in [0.2, 0.25) is 0 Å². The van der Waals surface area contributed by atoms with Gasteiger partial charge in [-0.3, -0.25) is 4.79 Å². The first-order valence-electron chi connectivity index (χ1n) is 9.27. The number of nitrogens with zero attached hydrogens (tertiary/aromatic N) is 2. The fourth-order valence-corrected chi connectivity index (χ4v) is 4.67. The van der Waals surface area contributed by atoms with E-state index in [0.29, 0.717) is 12.1 Å². The highest BCUT2D eigenvalue weighted by Gasteiger charge is 2.31. The topological polar surface area (TPSA) is 51.5 Å². The number of aryl methyl sites for hydroxylation is 1. The van der Waals surface area contributed by atoms with Gasteiger partial charge >= 0.3 is 5.97 Å². The second kappa shape index (κ2) is 7.56. The summed E-state index contributed by atoms with van der Waals surface area (Å²) in [6, 6.07) is 11.9. The maximum atomic E-state index is 12.7. The molecule has 0 aliphatic carbocycles. The van der Waals surface area contributed by atoms with Crippen LogP contribution in [0.1, 0.15) is 41.0 Å². The Labute approximate surface area is 162 Å². The number of rotatable bonds is 5. The molecule has 4 rings (SSSR count). The van der Waals surface area contributed by atoms with Crippen LogP contribution in [0.25, 0.3) is 10.9 Å². The van der Waals surface area contributed by atoms with Crippen molar-refractivity contribution in [2.24, 2.45) is 0 Å². The Hall–Kier alpha value is -2.60. The second-order valence-corrected chi connectivity index (χ2v) is 7.66. The Balaban J connectivity index is 1.46. The summed E-state index contributed by atoms with van der Waals surface area (Å²) < 4.78 is 7.41. The Bertz CT molecular complexity index is 961. The lowest BCUT2D eigenvalue weighted by Crippen LogP contribution is -2.34. The third kappa shape index (κ3) is 3.37. The van der Waals surface area contributed by atoms with Gasteiger partial charge in [-0.15, -0.1) is 11.3 Å². The number of para-hydroxylation sites is 1. The number of ether oxygens (including phenoxy) is 1. The number of amides is 1. The summed E-state index contributed by atoms with van der Waals surface area (Å²) in [6.07, 6.45) is 3.75. The van der Waals surface area contributed by atoms with E-state index >= 15 is 0 Å². The molecular formula is C21H22N2O3S. The predicted octanol–water partition coefficient (Wildman–Crippen LogP) is 4.24. The molecule has 1 aromatic carbocycles. The van der Waals surface area contributed by atoms with Crippen molar-refractivity contribution in [2.75, 3.05) is 13.2 Å². The maximum Gasteiger partial charge on any atom is 0.340 e. The molecule has 1 aliphatic rings. The molecule has 1 aliphatic heterocycles. The van der Waals surface area contributed by atoms with Gasteiger partial charge in [-0.25, -0.2) is 4.79 Å². The molecule has 6 heteroatoms. The van der Waals surface area contributed by atoms with Gasteiger partial charge in [-0.1, -0.05) is 24.3 Å². The van der Waals surface area contributed by atoms with Crippen molar-refractivity contribution in [3.8, 4) is 0 Å². The summed E-state index contributed by atoms with van der Waals surface area (Å²) in [4.78, 5) is 28.3. The molecule has 140 valence electrons. The quantitative estimate of drug-likeness (QED) is 0.620. The first-order valence-corrected chi connectivity index (χ1v) is 10.1. The van der Waals surface area contributed by atoms with E-state index in [1.165, 1.54) is 4.88 Å². The molecular weight excluding hydrogens is 360 g/mol. The first kappa shape index (κ1) is 17.8. The SMILES string of the molecule is CCn1cc(C(=O)OCC(=O)N2CCCC2c2cccs2)c2ccccc21. The first-order chi connectivity index (χ1) is 13.2. The van der Waals surface area contributed by atoms with Crippen LogP contribution in [0.5, 0.6) is 0 Å². The number of hydrogen-bond acceptors (Lipinski definition) is 4. The minimum absolute atomic E-state index is 0.109. The van der Waals surface area contributed by atoms with E-state index in [4.69, 9.17) is 4.74 Å². The number of carbonyl (C=O) groups excluding carboxylic acids is 2. The monoisotopic (exact) mass is 382 g/mol. The van der Waals surface area contributed by atoms with Crippen molar-refractivity contribution in [3.05, 3.63) is 58.4 Å². The van der Waals surface area contributed by atoms with Gasteiger partial charge in [-0.05, 0) is 37.3 Å². The standard InChI is InChI=1S/C21H22N2O3S/c1-2-22-13-16(15-7-3-4-8-17(15)22)21(25)26-14-20(24)23-11-5-9-18(23)19-10-6-12-27-19/h3-4,6-8,10,12-13,18H,2,5,9,11,14H2,1H3. The number of hydrogen-bond donors (Lipinski definition) is 0. The second-order valence-electron chi connectivity index (χ2n) is 6.68. The third-order valence-corrected chi connectivity index (χ3v) is 6.09. The van der Waals surface area contributed by atoms with E-state index in [1.54, 1.807) is 11.3 Å². The van der Waals surface area contributed by atoms with Crippen molar-refractivity contribution < 1.29 is 14.3 Å². The number of thiophene rings is 1. The van der Waals surface area contributed by atoms with Crippen molar-refractivity contribution in [1.82, 2.24) is 9.47 Å². The van der Waals surface area contributed by atoms with E-state index in [0.717, 1.165) is 30.3 Å².